The number of hydrogen-bond acceptors (Lipinski definition) is 2. The van der Waals surface area contributed by atoms with Gasteiger partial charge in [-0.05, 0) is 16.5 Å². The third-order valence-corrected chi connectivity index (χ3v) is 4.97. The third kappa shape index (κ3) is 3.09. The summed E-state index contributed by atoms with van der Waals surface area (Å²) in [6.07, 6.45) is 0. The van der Waals surface area contributed by atoms with E-state index in [0.29, 0.717) is 0 Å². The highest BCUT2D eigenvalue weighted by molar-refractivity contribution is 7.98. The zero-order valence-corrected chi connectivity index (χ0v) is 12.1. The second-order valence-electron chi connectivity index (χ2n) is 4.29. The lowest BCUT2D eigenvalue weighted by Gasteiger charge is -2.04. The summed E-state index contributed by atoms with van der Waals surface area (Å²) in [6.45, 7) is 0. The van der Waals surface area contributed by atoms with Crippen LogP contribution in [0.2, 0.25) is 0 Å². The maximum absolute atomic E-state index is 2.25. The van der Waals surface area contributed by atoms with Gasteiger partial charge < -0.3 is 0 Å². The molecule has 0 radical (unpaired) electrons. The van der Waals surface area contributed by atoms with Gasteiger partial charge in [0.2, 0.25) is 0 Å². The van der Waals surface area contributed by atoms with Gasteiger partial charge in [-0.3, -0.25) is 0 Å². The summed E-state index contributed by atoms with van der Waals surface area (Å²) in [5.74, 6) is 1.03. The fourth-order valence-electron chi connectivity index (χ4n) is 1.96. The molecule has 0 nitrogen and oxygen atoms in total. The Balaban J connectivity index is 1.78. The molecule has 19 heavy (non-hydrogen) atoms. The Kier molecular flexibility index (Phi) is 4.01. The highest BCUT2D eigenvalue weighted by Gasteiger charge is 2.06. The van der Waals surface area contributed by atoms with Gasteiger partial charge in [-0.25, -0.2) is 0 Å². The Morgan fingerprint density at radius 1 is 0.789 bits per heavy atom. The average Bonchev–Trinajstić information content (AvgIpc) is 2.95. The highest BCUT2D eigenvalue weighted by Crippen LogP contribution is 2.36. The summed E-state index contributed by atoms with van der Waals surface area (Å²) in [6, 6.07) is 21.2. The van der Waals surface area contributed by atoms with E-state index in [2.05, 4.69) is 71.4 Å². The topological polar surface area (TPSA) is 0 Å². The zero-order valence-electron chi connectivity index (χ0n) is 10.5. The van der Waals surface area contributed by atoms with Gasteiger partial charge in [0, 0.05) is 21.6 Å². The van der Waals surface area contributed by atoms with Crippen LogP contribution < -0.4 is 0 Å². The van der Waals surface area contributed by atoms with Gasteiger partial charge >= 0.3 is 0 Å². The van der Waals surface area contributed by atoms with Crippen molar-refractivity contribution in [3.05, 3.63) is 77.0 Å². The third-order valence-electron chi connectivity index (χ3n) is 2.95. The quantitative estimate of drug-likeness (QED) is 0.552. The minimum absolute atomic E-state index is 1.03. The monoisotopic (exact) mass is 282 g/mol. The van der Waals surface area contributed by atoms with Crippen LogP contribution in [-0.2, 0) is 5.75 Å². The Hall–Kier alpha value is -1.51. The van der Waals surface area contributed by atoms with Crippen LogP contribution in [0.15, 0.2) is 76.3 Å². The molecule has 0 amide bonds. The van der Waals surface area contributed by atoms with Gasteiger partial charge in [-0.2, -0.15) is 11.3 Å². The highest BCUT2D eigenvalue weighted by atomic mass is 32.2. The smallest absolute Gasteiger partial charge is 0.0261 e. The molecule has 94 valence electrons. The summed E-state index contributed by atoms with van der Waals surface area (Å²) in [5, 5.41) is 4.48. The number of rotatable bonds is 4. The van der Waals surface area contributed by atoms with Crippen LogP contribution in [0, 0.1) is 0 Å². The lowest BCUT2D eigenvalue weighted by molar-refractivity contribution is 1.40. The van der Waals surface area contributed by atoms with Gasteiger partial charge in [0.05, 0.1) is 0 Å². The summed E-state index contributed by atoms with van der Waals surface area (Å²) >= 11 is 3.69. The van der Waals surface area contributed by atoms with E-state index in [1.54, 1.807) is 11.3 Å². The summed E-state index contributed by atoms with van der Waals surface area (Å²) in [5.41, 5.74) is 4.03. The Labute approximate surface area is 122 Å². The minimum atomic E-state index is 1.03. The van der Waals surface area contributed by atoms with E-state index in [0.717, 1.165) is 5.75 Å². The molecule has 0 saturated carbocycles. The van der Waals surface area contributed by atoms with Crippen molar-refractivity contribution >= 4 is 23.1 Å². The summed E-state index contributed by atoms with van der Waals surface area (Å²) in [7, 11) is 0. The van der Waals surface area contributed by atoms with Crippen molar-refractivity contribution in [1.29, 1.82) is 0 Å². The first-order valence-electron chi connectivity index (χ1n) is 6.22. The van der Waals surface area contributed by atoms with Gasteiger partial charge in [-0.15, -0.1) is 11.8 Å². The van der Waals surface area contributed by atoms with Crippen molar-refractivity contribution in [3.8, 4) is 11.1 Å². The van der Waals surface area contributed by atoms with E-state index in [-0.39, 0.29) is 0 Å². The molecule has 0 N–H and O–H groups in total. The molecule has 0 saturated heterocycles. The van der Waals surface area contributed by atoms with E-state index in [1.807, 2.05) is 11.8 Å². The minimum Gasteiger partial charge on any atom is -0.151 e. The molecule has 0 unspecified atom stereocenters. The molecule has 0 aliphatic carbocycles. The molecule has 0 fully saturated rings. The van der Waals surface area contributed by atoms with Crippen LogP contribution in [-0.4, -0.2) is 0 Å². The van der Waals surface area contributed by atoms with Crippen LogP contribution in [0.1, 0.15) is 5.56 Å². The molecule has 1 heterocycles. The maximum Gasteiger partial charge on any atom is 0.0261 e. The maximum atomic E-state index is 2.25. The zero-order chi connectivity index (χ0) is 12.9. The van der Waals surface area contributed by atoms with E-state index in [4.69, 9.17) is 0 Å². The van der Waals surface area contributed by atoms with E-state index in [9.17, 15) is 0 Å². The molecular formula is C17H14S2. The first-order valence-corrected chi connectivity index (χ1v) is 8.14. The Morgan fingerprint density at radius 2 is 1.47 bits per heavy atom. The number of hydrogen-bond donors (Lipinski definition) is 0. The van der Waals surface area contributed by atoms with Gasteiger partial charge in [0.15, 0.2) is 0 Å². The number of thiophene rings is 1. The molecule has 3 rings (SSSR count). The molecule has 0 aliphatic rings. The Morgan fingerprint density at radius 3 is 2.21 bits per heavy atom. The van der Waals surface area contributed by atoms with Crippen LogP contribution >= 0.6 is 23.1 Å². The van der Waals surface area contributed by atoms with E-state index in [1.165, 1.54) is 21.6 Å². The van der Waals surface area contributed by atoms with Crippen LogP contribution in [0.4, 0.5) is 0 Å². The molecule has 2 aromatic carbocycles. The normalized spacial score (nSPS) is 10.5. The summed E-state index contributed by atoms with van der Waals surface area (Å²) < 4.78 is 0. The van der Waals surface area contributed by atoms with Crippen LogP contribution in [0.3, 0.4) is 0 Å². The Bertz CT molecular complexity index is 627. The summed E-state index contributed by atoms with van der Waals surface area (Å²) in [4.78, 5) is 1.38. The predicted octanol–water partition coefficient (Wildman–Crippen LogP) is 5.71. The van der Waals surface area contributed by atoms with Crippen molar-refractivity contribution in [2.24, 2.45) is 0 Å². The molecule has 2 heteroatoms. The van der Waals surface area contributed by atoms with Crippen molar-refractivity contribution in [2.75, 3.05) is 0 Å². The van der Waals surface area contributed by atoms with E-state index >= 15 is 0 Å². The molecule has 0 bridgehead atoms. The molecule has 0 atom stereocenters. The SMILES string of the molecule is c1ccc(CSc2cscc2-c2ccccc2)cc1. The van der Waals surface area contributed by atoms with Crippen molar-refractivity contribution < 1.29 is 0 Å². The lowest BCUT2D eigenvalue weighted by atomic mass is 10.1. The first-order chi connectivity index (χ1) is 9.43. The fraction of sp³-hybridized carbons (Fsp3) is 0.0588. The van der Waals surface area contributed by atoms with Crippen molar-refractivity contribution in [2.45, 2.75) is 10.6 Å². The molecule has 0 spiro atoms. The van der Waals surface area contributed by atoms with Gasteiger partial charge in [-0.1, -0.05) is 60.7 Å². The standard InChI is InChI=1S/C17H14S2/c1-3-7-14(8-4-1)11-19-17-13-18-12-16(17)15-9-5-2-6-10-15/h1-10,12-13H,11H2. The predicted molar refractivity (Wildman–Crippen MR) is 85.8 cm³/mol. The fourth-order valence-corrected chi connectivity index (χ4v) is 4.04. The lowest BCUT2D eigenvalue weighted by Crippen LogP contribution is -1.80. The molecule has 0 aliphatic heterocycles. The second-order valence-corrected chi connectivity index (χ2v) is 6.05. The molecular weight excluding hydrogens is 268 g/mol. The van der Waals surface area contributed by atoms with Crippen LogP contribution in [0.5, 0.6) is 0 Å². The number of thioether (sulfide) groups is 1. The van der Waals surface area contributed by atoms with Gasteiger partial charge in [0.25, 0.3) is 0 Å². The number of benzene rings is 2. The molecule has 3 aromatic rings. The van der Waals surface area contributed by atoms with Crippen molar-refractivity contribution in [3.63, 3.8) is 0 Å². The first kappa shape index (κ1) is 12.5. The second kappa shape index (κ2) is 6.09. The largest absolute Gasteiger partial charge is 0.151 e. The van der Waals surface area contributed by atoms with Crippen LogP contribution in [0.25, 0.3) is 11.1 Å². The molecule has 1 aromatic heterocycles. The van der Waals surface area contributed by atoms with Gasteiger partial charge in [0.1, 0.15) is 0 Å². The average molecular weight is 282 g/mol. The van der Waals surface area contributed by atoms with E-state index < -0.39 is 0 Å². The van der Waals surface area contributed by atoms with Crippen molar-refractivity contribution in [1.82, 2.24) is 0 Å².